The molecule has 100 valence electrons. The van der Waals surface area contributed by atoms with E-state index in [1.165, 1.54) is 5.56 Å². The zero-order valence-electron chi connectivity index (χ0n) is 10.6. The van der Waals surface area contributed by atoms with Gasteiger partial charge >= 0.3 is 0 Å². The van der Waals surface area contributed by atoms with Crippen molar-refractivity contribution in [2.24, 2.45) is 0 Å². The average molecular weight is 341 g/mol. The van der Waals surface area contributed by atoms with Gasteiger partial charge in [0.25, 0.3) is 0 Å². The lowest BCUT2D eigenvalue weighted by atomic mass is 10.2. The third-order valence-corrected chi connectivity index (χ3v) is 3.56. The molecule has 0 aliphatic heterocycles. The van der Waals surface area contributed by atoms with Gasteiger partial charge in [0.05, 0.1) is 9.50 Å². The number of nitrogens with one attached hydrogen (secondary N) is 1. The highest BCUT2D eigenvalue weighted by molar-refractivity contribution is 9.10. The Morgan fingerprint density at radius 1 is 1.16 bits per heavy atom. The topological polar surface area (TPSA) is 21.3 Å². The summed E-state index contributed by atoms with van der Waals surface area (Å²) in [7, 11) is 0. The third kappa shape index (κ3) is 3.96. The maximum absolute atomic E-state index is 6.08. The first-order chi connectivity index (χ1) is 9.20. The molecular formula is C15H15BrClNO. The monoisotopic (exact) mass is 339 g/mol. The first-order valence-electron chi connectivity index (χ1n) is 6.12. The Bertz CT molecular complexity index is 560. The van der Waals surface area contributed by atoms with Gasteiger partial charge in [0.15, 0.2) is 0 Å². The fourth-order valence-electron chi connectivity index (χ4n) is 1.65. The molecule has 0 aliphatic carbocycles. The van der Waals surface area contributed by atoms with E-state index in [4.69, 9.17) is 16.3 Å². The standard InChI is InChI=1S/C15H15BrClNO/c1-2-18-10-11-7-8-14(12(16)9-11)19-15-6-4-3-5-13(15)17/h3-9,18H,2,10H2,1H3. The first-order valence-corrected chi connectivity index (χ1v) is 7.29. The minimum atomic E-state index is 0.603. The maximum atomic E-state index is 6.08. The molecule has 0 spiro atoms. The van der Waals surface area contributed by atoms with Crippen LogP contribution in [0.4, 0.5) is 0 Å². The van der Waals surface area contributed by atoms with Crippen molar-refractivity contribution in [3.05, 3.63) is 57.5 Å². The van der Waals surface area contributed by atoms with Crippen LogP contribution in [0.15, 0.2) is 46.9 Å². The number of benzene rings is 2. The van der Waals surface area contributed by atoms with Crippen molar-refractivity contribution >= 4 is 27.5 Å². The van der Waals surface area contributed by atoms with E-state index < -0.39 is 0 Å². The van der Waals surface area contributed by atoms with Gasteiger partial charge in [-0.2, -0.15) is 0 Å². The summed E-state index contributed by atoms with van der Waals surface area (Å²) in [6.07, 6.45) is 0. The molecule has 0 atom stereocenters. The van der Waals surface area contributed by atoms with Gasteiger partial charge < -0.3 is 10.1 Å². The summed E-state index contributed by atoms with van der Waals surface area (Å²) in [5, 5.41) is 3.89. The molecule has 0 amide bonds. The molecule has 0 aliphatic rings. The highest BCUT2D eigenvalue weighted by Crippen LogP contribution is 2.33. The Morgan fingerprint density at radius 3 is 2.63 bits per heavy atom. The van der Waals surface area contributed by atoms with E-state index in [0.717, 1.165) is 23.3 Å². The van der Waals surface area contributed by atoms with Gasteiger partial charge in [-0.3, -0.25) is 0 Å². The highest BCUT2D eigenvalue weighted by Gasteiger charge is 2.06. The van der Waals surface area contributed by atoms with Crippen molar-refractivity contribution in [3.8, 4) is 11.5 Å². The zero-order chi connectivity index (χ0) is 13.7. The summed E-state index contributed by atoms with van der Waals surface area (Å²) in [4.78, 5) is 0. The highest BCUT2D eigenvalue weighted by atomic mass is 79.9. The van der Waals surface area contributed by atoms with E-state index in [-0.39, 0.29) is 0 Å². The van der Waals surface area contributed by atoms with Crippen molar-refractivity contribution in [3.63, 3.8) is 0 Å². The van der Waals surface area contributed by atoms with Gasteiger partial charge in [0.2, 0.25) is 0 Å². The van der Waals surface area contributed by atoms with Crippen LogP contribution in [-0.2, 0) is 6.54 Å². The van der Waals surface area contributed by atoms with Gasteiger partial charge in [-0.15, -0.1) is 0 Å². The van der Waals surface area contributed by atoms with Crippen LogP contribution in [0.3, 0.4) is 0 Å². The third-order valence-electron chi connectivity index (χ3n) is 2.63. The summed E-state index contributed by atoms with van der Waals surface area (Å²) < 4.78 is 6.72. The average Bonchev–Trinajstić information content (AvgIpc) is 2.41. The Labute approximate surface area is 126 Å². The van der Waals surface area contributed by atoms with Crippen molar-refractivity contribution < 1.29 is 4.74 Å². The predicted octanol–water partition coefficient (Wildman–Crippen LogP) is 5.00. The minimum absolute atomic E-state index is 0.603. The smallest absolute Gasteiger partial charge is 0.146 e. The van der Waals surface area contributed by atoms with Crippen LogP contribution < -0.4 is 10.1 Å². The van der Waals surface area contributed by atoms with Crippen molar-refractivity contribution in [2.45, 2.75) is 13.5 Å². The van der Waals surface area contributed by atoms with Gasteiger partial charge in [0, 0.05) is 6.54 Å². The molecule has 4 heteroatoms. The number of hydrogen-bond acceptors (Lipinski definition) is 2. The van der Waals surface area contributed by atoms with Crippen LogP contribution in [0, 0.1) is 0 Å². The fourth-order valence-corrected chi connectivity index (χ4v) is 2.33. The number of para-hydroxylation sites is 1. The molecule has 0 radical (unpaired) electrons. The molecule has 0 saturated carbocycles. The van der Waals surface area contributed by atoms with E-state index in [0.29, 0.717) is 10.8 Å². The van der Waals surface area contributed by atoms with Crippen LogP contribution in [0.5, 0.6) is 11.5 Å². The molecule has 1 N–H and O–H groups in total. The van der Waals surface area contributed by atoms with E-state index in [9.17, 15) is 0 Å². The molecule has 0 heterocycles. The summed E-state index contributed by atoms with van der Waals surface area (Å²) in [6.45, 7) is 3.89. The molecule has 0 saturated heterocycles. The fraction of sp³-hybridized carbons (Fsp3) is 0.200. The van der Waals surface area contributed by atoms with Crippen LogP contribution >= 0.6 is 27.5 Å². The first kappa shape index (κ1) is 14.4. The summed E-state index contributed by atoms with van der Waals surface area (Å²) >= 11 is 9.60. The maximum Gasteiger partial charge on any atom is 0.146 e. The zero-order valence-corrected chi connectivity index (χ0v) is 13.0. The quantitative estimate of drug-likeness (QED) is 0.826. The van der Waals surface area contributed by atoms with E-state index >= 15 is 0 Å². The second kappa shape index (κ2) is 6.94. The molecule has 0 bridgehead atoms. The molecule has 2 aromatic rings. The molecule has 0 fully saturated rings. The lowest BCUT2D eigenvalue weighted by molar-refractivity contribution is 0.479. The molecular weight excluding hydrogens is 326 g/mol. The normalized spacial score (nSPS) is 10.5. The summed E-state index contributed by atoms with van der Waals surface area (Å²) in [6, 6.07) is 13.5. The molecule has 2 aromatic carbocycles. The van der Waals surface area contributed by atoms with Crippen molar-refractivity contribution in [1.29, 1.82) is 0 Å². The summed E-state index contributed by atoms with van der Waals surface area (Å²) in [5.74, 6) is 1.41. The summed E-state index contributed by atoms with van der Waals surface area (Å²) in [5.41, 5.74) is 1.21. The van der Waals surface area contributed by atoms with E-state index in [1.807, 2.05) is 36.4 Å². The Hall–Kier alpha value is -1.03. The molecule has 0 aromatic heterocycles. The largest absolute Gasteiger partial charge is 0.455 e. The Balaban J connectivity index is 2.15. The van der Waals surface area contributed by atoms with Gasteiger partial charge in [-0.1, -0.05) is 36.7 Å². The lowest BCUT2D eigenvalue weighted by Gasteiger charge is -2.10. The molecule has 0 unspecified atom stereocenters. The number of ether oxygens (including phenoxy) is 1. The predicted molar refractivity (Wildman–Crippen MR) is 83.0 cm³/mol. The minimum Gasteiger partial charge on any atom is -0.455 e. The lowest BCUT2D eigenvalue weighted by Crippen LogP contribution is -2.11. The van der Waals surface area contributed by atoms with Crippen molar-refractivity contribution in [1.82, 2.24) is 5.32 Å². The van der Waals surface area contributed by atoms with E-state index in [1.54, 1.807) is 0 Å². The Kier molecular flexibility index (Phi) is 5.25. The second-order valence-corrected chi connectivity index (χ2v) is 5.34. The van der Waals surface area contributed by atoms with Crippen LogP contribution in [0.25, 0.3) is 0 Å². The molecule has 2 rings (SSSR count). The number of hydrogen-bond donors (Lipinski definition) is 1. The SMILES string of the molecule is CCNCc1ccc(Oc2ccccc2Cl)c(Br)c1. The van der Waals surface area contributed by atoms with Crippen LogP contribution in [0.1, 0.15) is 12.5 Å². The van der Waals surface area contributed by atoms with Gasteiger partial charge in [-0.05, 0) is 52.3 Å². The molecule has 2 nitrogen and oxygen atoms in total. The van der Waals surface area contributed by atoms with Gasteiger partial charge in [0.1, 0.15) is 11.5 Å². The van der Waals surface area contributed by atoms with Crippen LogP contribution in [0.2, 0.25) is 5.02 Å². The van der Waals surface area contributed by atoms with E-state index in [2.05, 4.69) is 34.2 Å². The number of rotatable bonds is 5. The van der Waals surface area contributed by atoms with Gasteiger partial charge in [-0.25, -0.2) is 0 Å². The van der Waals surface area contributed by atoms with Crippen molar-refractivity contribution in [2.75, 3.05) is 6.54 Å². The second-order valence-electron chi connectivity index (χ2n) is 4.08. The number of halogens is 2. The van der Waals surface area contributed by atoms with Crippen LogP contribution in [-0.4, -0.2) is 6.54 Å². The Morgan fingerprint density at radius 2 is 1.95 bits per heavy atom. The molecule has 19 heavy (non-hydrogen) atoms.